The van der Waals surface area contributed by atoms with Gasteiger partial charge in [0.05, 0.1) is 6.54 Å². The number of amides is 1. The zero-order valence-corrected chi connectivity index (χ0v) is 17.7. The lowest BCUT2D eigenvalue weighted by Gasteiger charge is -2.11. The number of nitrogens with zero attached hydrogens (tertiary/aromatic N) is 3. The molecule has 3 aromatic rings. The molecule has 1 aliphatic rings. The summed E-state index contributed by atoms with van der Waals surface area (Å²) in [5, 5.41) is 9.28. The van der Waals surface area contributed by atoms with Crippen LogP contribution >= 0.6 is 22.6 Å². The predicted octanol–water partition coefficient (Wildman–Crippen LogP) is 4.47. The van der Waals surface area contributed by atoms with Crippen molar-refractivity contribution in [1.29, 1.82) is 0 Å². The van der Waals surface area contributed by atoms with Gasteiger partial charge in [-0.05, 0) is 64.6 Å². The summed E-state index contributed by atoms with van der Waals surface area (Å²) in [5.41, 5.74) is 3.83. The number of anilines is 1. The van der Waals surface area contributed by atoms with E-state index in [4.69, 9.17) is 0 Å². The van der Waals surface area contributed by atoms with E-state index in [0.717, 1.165) is 14.1 Å². The quantitative estimate of drug-likeness (QED) is 0.402. The van der Waals surface area contributed by atoms with E-state index in [9.17, 15) is 13.6 Å². The van der Waals surface area contributed by atoms with Crippen molar-refractivity contribution in [2.45, 2.75) is 6.54 Å². The van der Waals surface area contributed by atoms with E-state index in [0.29, 0.717) is 6.54 Å². The number of carbonyl (C=O) groups is 1. The highest BCUT2D eigenvalue weighted by atomic mass is 127. The summed E-state index contributed by atoms with van der Waals surface area (Å²) < 4.78 is 29.8. The zero-order valence-electron chi connectivity index (χ0n) is 15.5. The van der Waals surface area contributed by atoms with Crippen molar-refractivity contribution in [3.63, 3.8) is 0 Å². The Morgan fingerprint density at radius 2 is 1.60 bits per heavy atom. The Bertz CT molecular complexity index is 1160. The molecular weight excluding hydrogens is 501 g/mol. The van der Waals surface area contributed by atoms with Gasteiger partial charge in [-0.2, -0.15) is 15.2 Å². The number of hydrogen-bond donors (Lipinski definition) is 1. The van der Waals surface area contributed by atoms with Crippen LogP contribution in [0.3, 0.4) is 0 Å². The van der Waals surface area contributed by atoms with E-state index in [-0.39, 0.29) is 22.7 Å². The molecule has 5 nitrogen and oxygen atoms in total. The first kappa shape index (κ1) is 20.1. The van der Waals surface area contributed by atoms with Gasteiger partial charge in [0.1, 0.15) is 23.0 Å². The third-order valence-corrected chi connectivity index (χ3v) is 5.14. The van der Waals surface area contributed by atoms with Crippen LogP contribution in [0.2, 0.25) is 0 Å². The summed E-state index contributed by atoms with van der Waals surface area (Å²) in [6.07, 6.45) is 0. The Morgan fingerprint density at radius 3 is 2.30 bits per heavy atom. The summed E-state index contributed by atoms with van der Waals surface area (Å²) in [6, 6.07) is 19.5. The van der Waals surface area contributed by atoms with E-state index >= 15 is 0 Å². The largest absolute Gasteiger partial charge is 0.305 e. The molecule has 0 radical (unpaired) electrons. The van der Waals surface area contributed by atoms with Gasteiger partial charge in [-0.3, -0.25) is 4.79 Å². The van der Waals surface area contributed by atoms with Crippen molar-refractivity contribution in [2.75, 3.05) is 5.01 Å². The molecule has 1 aliphatic heterocycles. The van der Waals surface area contributed by atoms with E-state index in [1.807, 2.05) is 24.3 Å². The number of hydrogen-bond acceptors (Lipinski definition) is 4. The third-order valence-electron chi connectivity index (χ3n) is 4.42. The zero-order chi connectivity index (χ0) is 21.1. The molecule has 0 aromatic heterocycles. The molecule has 0 spiro atoms. The Kier molecular flexibility index (Phi) is 5.84. The van der Waals surface area contributed by atoms with Gasteiger partial charge in [-0.1, -0.05) is 36.4 Å². The molecule has 0 saturated heterocycles. The molecule has 1 N–H and O–H groups in total. The van der Waals surface area contributed by atoms with Crippen LogP contribution < -0.4 is 10.4 Å². The number of nitrogens with one attached hydrogen (secondary N) is 1. The predicted molar refractivity (Wildman–Crippen MR) is 120 cm³/mol. The monoisotopic (exact) mass is 516 g/mol. The van der Waals surface area contributed by atoms with Crippen LogP contribution in [0.4, 0.5) is 14.5 Å². The standard InChI is InChI=1S/C22H15F2IN4O/c23-17-6-2-1-5-16(17)20-21(27-26-13-14-9-11-15(25)12-10-14)22(30)29(28-20)19-8-4-3-7-18(19)24/h1-12,26H,13H2. The molecule has 3 aromatic carbocycles. The minimum atomic E-state index is -0.645. The Labute approximate surface area is 185 Å². The maximum absolute atomic E-state index is 14.4. The highest BCUT2D eigenvalue weighted by Crippen LogP contribution is 2.25. The average Bonchev–Trinajstić information content (AvgIpc) is 3.06. The summed E-state index contributed by atoms with van der Waals surface area (Å²) in [6.45, 7) is 0.359. The molecule has 150 valence electrons. The normalized spacial score (nSPS) is 14.9. The van der Waals surface area contributed by atoms with Gasteiger partial charge in [0.25, 0.3) is 0 Å². The van der Waals surface area contributed by atoms with Crippen LogP contribution in [-0.2, 0) is 11.3 Å². The first-order valence-electron chi connectivity index (χ1n) is 9.02. The van der Waals surface area contributed by atoms with Crippen LogP contribution in [-0.4, -0.2) is 17.3 Å². The highest BCUT2D eigenvalue weighted by molar-refractivity contribution is 14.1. The number of hydrazone groups is 2. The van der Waals surface area contributed by atoms with Crippen LogP contribution in [0, 0.1) is 15.2 Å². The lowest BCUT2D eigenvalue weighted by atomic mass is 10.1. The molecule has 1 heterocycles. The van der Waals surface area contributed by atoms with Crippen molar-refractivity contribution in [2.24, 2.45) is 10.2 Å². The van der Waals surface area contributed by atoms with Crippen LogP contribution in [0.25, 0.3) is 0 Å². The first-order valence-corrected chi connectivity index (χ1v) is 10.1. The molecular formula is C22H15F2IN4O. The van der Waals surface area contributed by atoms with Crippen molar-refractivity contribution >= 4 is 45.6 Å². The lowest BCUT2D eigenvalue weighted by molar-refractivity contribution is -0.112. The highest BCUT2D eigenvalue weighted by Gasteiger charge is 2.36. The molecule has 1 amide bonds. The van der Waals surface area contributed by atoms with Gasteiger partial charge in [-0.25, -0.2) is 8.78 Å². The Balaban J connectivity index is 1.69. The molecule has 0 unspecified atom stereocenters. The Morgan fingerprint density at radius 1 is 0.933 bits per heavy atom. The second-order valence-electron chi connectivity index (χ2n) is 6.42. The van der Waals surface area contributed by atoms with Crippen molar-refractivity contribution in [3.05, 3.63) is 99.1 Å². The Hall–Kier alpha value is -3.14. The minimum absolute atomic E-state index is 0.0285. The molecule has 30 heavy (non-hydrogen) atoms. The number of halogens is 3. The average molecular weight is 516 g/mol. The van der Waals surface area contributed by atoms with E-state index in [1.54, 1.807) is 12.1 Å². The van der Waals surface area contributed by atoms with Crippen LogP contribution in [0.1, 0.15) is 11.1 Å². The topological polar surface area (TPSA) is 57.1 Å². The summed E-state index contributed by atoms with van der Waals surface area (Å²) in [7, 11) is 0. The van der Waals surface area contributed by atoms with Crippen LogP contribution in [0.5, 0.6) is 0 Å². The maximum atomic E-state index is 14.4. The fraction of sp³-hybridized carbons (Fsp3) is 0.0455. The molecule has 0 bridgehead atoms. The molecule has 8 heteroatoms. The number of benzene rings is 3. The van der Waals surface area contributed by atoms with E-state index < -0.39 is 17.5 Å². The summed E-state index contributed by atoms with van der Waals surface area (Å²) in [4.78, 5) is 13.0. The van der Waals surface area contributed by atoms with Crippen molar-refractivity contribution in [1.82, 2.24) is 5.43 Å². The maximum Gasteiger partial charge on any atom is 0.301 e. The summed E-state index contributed by atoms with van der Waals surface area (Å²) >= 11 is 2.21. The molecule has 4 rings (SSSR count). The fourth-order valence-corrected chi connectivity index (χ4v) is 3.29. The van der Waals surface area contributed by atoms with Crippen molar-refractivity contribution in [3.8, 4) is 0 Å². The van der Waals surface area contributed by atoms with Gasteiger partial charge >= 0.3 is 5.91 Å². The second kappa shape index (κ2) is 8.70. The molecule has 0 fully saturated rings. The van der Waals surface area contributed by atoms with E-state index in [1.165, 1.54) is 36.4 Å². The number of para-hydroxylation sites is 1. The number of rotatable bonds is 5. The van der Waals surface area contributed by atoms with Crippen LogP contribution in [0.15, 0.2) is 83.0 Å². The fourth-order valence-electron chi connectivity index (χ4n) is 2.93. The first-order chi connectivity index (χ1) is 14.5. The van der Waals surface area contributed by atoms with Crippen molar-refractivity contribution < 1.29 is 13.6 Å². The molecule has 0 saturated carbocycles. The van der Waals surface area contributed by atoms with Gasteiger partial charge in [-0.15, -0.1) is 0 Å². The molecule has 0 atom stereocenters. The van der Waals surface area contributed by atoms with Gasteiger partial charge < -0.3 is 5.43 Å². The lowest BCUT2D eigenvalue weighted by Crippen LogP contribution is -2.30. The SMILES string of the molecule is O=C1C(=NNCc2ccc(I)cc2)C(c2ccccc2F)=NN1c1ccccc1F. The number of carbonyl (C=O) groups excluding carboxylic acids is 1. The van der Waals surface area contributed by atoms with E-state index in [2.05, 4.69) is 38.2 Å². The third kappa shape index (κ3) is 4.09. The molecule has 0 aliphatic carbocycles. The smallest absolute Gasteiger partial charge is 0.301 e. The minimum Gasteiger partial charge on any atom is -0.305 e. The van der Waals surface area contributed by atoms with Gasteiger partial charge in [0.15, 0.2) is 5.71 Å². The van der Waals surface area contributed by atoms with Gasteiger partial charge in [0, 0.05) is 9.13 Å². The second-order valence-corrected chi connectivity index (χ2v) is 7.66. The summed E-state index contributed by atoms with van der Waals surface area (Å²) in [5.74, 6) is -1.81. The van der Waals surface area contributed by atoms with Gasteiger partial charge in [0.2, 0.25) is 0 Å².